The van der Waals surface area contributed by atoms with Crippen molar-refractivity contribution < 1.29 is 4.42 Å². The molecule has 1 aromatic carbocycles. The molecule has 0 aliphatic carbocycles. The van der Waals surface area contributed by atoms with E-state index in [0.29, 0.717) is 28.1 Å². The van der Waals surface area contributed by atoms with E-state index in [1.54, 1.807) is 22.7 Å². The lowest BCUT2D eigenvalue weighted by Gasteiger charge is -1.92. The van der Waals surface area contributed by atoms with Crippen LogP contribution in [0.1, 0.15) is 5.69 Å². The number of hydrogen-bond acceptors (Lipinski definition) is 6. The number of aryl methyl sites for hydroxylation is 1. The molecule has 0 saturated carbocycles. The normalized spacial score (nSPS) is 11.5. The number of thiazole rings is 1. The van der Waals surface area contributed by atoms with E-state index in [1.807, 2.05) is 12.3 Å². The summed E-state index contributed by atoms with van der Waals surface area (Å²) in [6.45, 7) is 1.98. The monoisotopic (exact) mass is 305 g/mol. The van der Waals surface area contributed by atoms with E-state index in [4.69, 9.17) is 16.0 Å². The van der Waals surface area contributed by atoms with Gasteiger partial charge in [-0.25, -0.2) is 4.52 Å². The Morgan fingerprint density at radius 1 is 1.35 bits per heavy atom. The van der Waals surface area contributed by atoms with Crippen LogP contribution in [0.25, 0.3) is 16.1 Å². The first-order valence-corrected chi connectivity index (χ1v) is 7.09. The zero-order valence-corrected chi connectivity index (χ0v) is 11.9. The predicted molar refractivity (Wildman–Crippen MR) is 77.9 cm³/mol. The van der Waals surface area contributed by atoms with Crippen LogP contribution in [0.5, 0.6) is 0 Å². The lowest BCUT2D eigenvalue weighted by Crippen LogP contribution is -1.93. The van der Waals surface area contributed by atoms with Crippen LogP contribution in [-0.2, 0) is 0 Å². The zero-order chi connectivity index (χ0) is 13.7. The second-order valence-corrected chi connectivity index (χ2v) is 5.54. The van der Waals surface area contributed by atoms with E-state index in [1.165, 1.54) is 11.3 Å². The quantitative estimate of drug-likeness (QED) is 0.612. The van der Waals surface area contributed by atoms with E-state index in [-0.39, 0.29) is 0 Å². The van der Waals surface area contributed by atoms with Gasteiger partial charge < -0.3 is 4.42 Å². The molecule has 6 nitrogen and oxygen atoms in total. The van der Waals surface area contributed by atoms with Crippen LogP contribution in [0.4, 0.5) is 12.0 Å². The number of aromatic nitrogens is 4. The fraction of sp³-hybridized carbons (Fsp3) is 0.0833. The first-order chi connectivity index (χ1) is 9.69. The second kappa shape index (κ2) is 4.19. The van der Waals surface area contributed by atoms with Crippen molar-refractivity contribution in [2.75, 3.05) is 5.32 Å². The molecule has 0 saturated heterocycles. The van der Waals surface area contributed by atoms with Crippen molar-refractivity contribution in [2.24, 2.45) is 0 Å². The molecular weight excluding hydrogens is 298 g/mol. The van der Waals surface area contributed by atoms with Crippen molar-refractivity contribution in [2.45, 2.75) is 6.92 Å². The van der Waals surface area contributed by atoms with Gasteiger partial charge in [0.05, 0.1) is 5.69 Å². The Hall–Kier alpha value is -2.12. The van der Waals surface area contributed by atoms with E-state index in [9.17, 15) is 0 Å². The van der Waals surface area contributed by atoms with E-state index in [2.05, 4.69) is 20.4 Å². The number of benzene rings is 1. The Morgan fingerprint density at radius 3 is 3.10 bits per heavy atom. The summed E-state index contributed by atoms with van der Waals surface area (Å²) in [6.07, 6.45) is 0. The minimum absolute atomic E-state index is 0.346. The molecule has 4 aromatic rings. The molecule has 8 heteroatoms. The van der Waals surface area contributed by atoms with Gasteiger partial charge in [0.15, 0.2) is 5.58 Å². The van der Waals surface area contributed by atoms with Gasteiger partial charge in [-0.05, 0) is 25.1 Å². The van der Waals surface area contributed by atoms with Gasteiger partial charge in [0.1, 0.15) is 5.52 Å². The summed E-state index contributed by atoms with van der Waals surface area (Å²) in [4.78, 5) is 9.47. The lowest BCUT2D eigenvalue weighted by molar-refractivity contribution is 0.621. The van der Waals surface area contributed by atoms with Crippen LogP contribution in [0.2, 0.25) is 5.02 Å². The molecule has 0 aliphatic heterocycles. The summed E-state index contributed by atoms with van der Waals surface area (Å²) in [7, 11) is 0. The molecule has 0 unspecified atom stereocenters. The third kappa shape index (κ3) is 1.83. The minimum atomic E-state index is 0.346. The number of fused-ring (bicyclic) bond motifs is 2. The summed E-state index contributed by atoms with van der Waals surface area (Å²) >= 11 is 7.45. The predicted octanol–water partition coefficient (Wildman–Crippen LogP) is 3.64. The molecule has 0 fully saturated rings. The van der Waals surface area contributed by atoms with Gasteiger partial charge >= 0.3 is 6.01 Å². The van der Waals surface area contributed by atoms with Crippen LogP contribution >= 0.6 is 22.9 Å². The lowest BCUT2D eigenvalue weighted by atomic mass is 10.3. The van der Waals surface area contributed by atoms with E-state index in [0.717, 1.165) is 10.7 Å². The first kappa shape index (κ1) is 11.7. The van der Waals surface area contributed by atoms with Gasteiger partial charge in [0.2, 0.25) is 4.96 Å². The number of oxazole rings is 1. The Morgan fingerprint density at radius 2 is 2.25 bits per heavy atom. The molecular formula is C12H8ClN5OS. The standard InChI is InChI=1S/C12H8ClN5OS/c1-6-5-20-12-16-10(17-18(6)12)15-11-14-8-4-7(13)2-3-9(8)19-11/h2-5H,1H3,(H,14,15,17). The molecule has 0 amide bonds. The highest BCUT2D eigenvalue weighted by molar-refractivity contribution is 7.15. The first-order valence-electron chi connectivity index (χ1n) is 5.83. The van der Waals surface area contributed by atoms with Crippen molar-refractivity contribution in [1.82, 2.24) is 19.6 Å². The van der Waals surface area contributed by atoms with Gasteiger partial charge in [-0.3, -0.25) is 5.32 Å². The van der Waals surface area contributed by atoms with Gasteiger partial charge in [-0.1, -0.05) is 11.6 Å². The summed E-state index contributed by atoms with van der Waals surface area (Å²) in [5.41, 5.74) is 2.39. The molecule has 0 spiro atoms. The van der Waals surface area contributed by atoms with Crippen LogP contribution < -0.4 is 5.32 Å². The largest absolute Gasteiger partial charge is 0.423 e. The number of nitrogens with zero attached hydrogens (tertiary/aromatic N) is 4. The zero-order valence-electron chi connectivity index (χ0n) is 10.3. The summed E-state index contributed by atoms with van der Waals surface area (Å²) in [5.74, 6) is 0.456. The second-order valence-electron chi connectivity index (χ2n) is 4.26. The Balaban J connectivity index is 1.72. The Labute approximate surface area is 122 Å². The number of halogens is 1. The number of anilines is 2. The van der Waals surface area contributed by atoms with Crippen molar-refractivity contribution in [1.29, 1.82) is 0 Å². The highest BCUT2D eigenvalue weighted by Gasteiger charge is 2.11. The molecule has 1 N–H and O–H groups in total. The molecule has 0 atom stereocenters. The minimum Gasteiger partial charge on any atom is -0.423 e. The molecule has 0 bridgehead atoms. The van der Waals surface area contributed by atoms with Crippen molar-refractivity contribution in [3.05, 3.63) is 34.3 Å². The number of rotatable bonds is 2. The smallest absolute Gasteiger partial charge is 0.302 e. The van der Waals surface area contributed by atoms with Crippen LogP contribution in [-0.4, -0.2) is 19.6 Å². The topological polar surface area (TPSA) is 68.2 Å². The average molecular weight is 306 g/mol. The molecule has 4 rings (SSSR count). The van der Waals surface area contributed by atoms with Crippen molar-refractivity contribution in [3.63, 3.8) is 0 Å². The third-order valence-corrected chi connectivity index (χ3v) is 3.98. The molecule has 3 heterocycles. The molecule has 20 heavy (non-hydrogen) atoms. The Kier molecular flexibility index (Phi) is 2.45. The van der Waals surface area contributed by atoms with Crippen molar-refractivity contribution >= 4 is 51.0 Å². The fourth-order valence-corrected chi connectivity index (χ4v) is 2.86. The van der Waals surface area contributed by atoms with Crippen LogP contribution in [0.15, 0.2) is 28.0 Å². The van der Waals surface area contributed by atoms with Gasteiger partial charge in [-0.15, -0.1) is 16.4 Å². The van der Waals surface area contributed by atoms with Crippen LogP contribution in [0, 0.1) is 6.92 Å². The highest BCUT2D eigenvalue weighted by atomic mass is 35.5. The average Bonchev–Trinajstić information content (AvgIpc) is 3.06. The maximum Gasteiger partial charge on any atom is 0.302 e. The SMILES string of the molecule is Cc1csc2nc(Nc3nc4cc(Cl)ccc4o3)nn12. The van der Waals surface area contributed by atoms with Crippen molar-refractivity contribution in [3.8, 4) is 0 Å². The molecule has 100 valence electrons. The van der Waals surface area contributed by atoms with Gasteiger partial charge in [0.25, 0.3) is 5.95 Å². The number of nitrogens with one attached hydrogen (secondary N) is 1. The number of hydrogen-bond donors (Lipinski definition) is 1. The summed E-state index contributed by atoms with van der Waals surface area (Å²) < 4.78 is 7.33. The molecule has 0 radical (unpaired) electrons. The van der Waals surface area contributed by atoms with Gasteiger partial charge in [-0.2, -0.15) is 9.97 Å². The third-order valence-electron chi connectivity index (χ3n) is 2.81. The molecule has 3 aromatic heterocycles. The van der Waals surface area contributed by atoms with E-state index >= 15 is 0 Å². The highest BCUT2D eigenvalue weighted by Crippen LogP contribution is 2.24. The maximum atomic E-state index is 5.92. The summed E-state index contributed by atoms with van der Waals surface area (Å²) in [6, 6.07) is 5.62. The van der Waals surface area contributed by atoms with Gasteiger partial charge in [0, 0.05) is 10.4 Å². The van der Waals surface area contributed by atoms with E-state index < -0.39 is 0 Å². The summed E-state index contributed by atoms with van der Waals surface area (Å²) in [5, 5.41) is 9.91. The van der Waals surface area contributed by atoms with Crippen LogP contribution in [0.3, 0.4) is 0 Å². The Bertz CT molecular complexity index is 925. The fourth-order valence-electron chi connectivity index (χ4n) is 1.89. The maximum absolute atomic E-state index is 5.92. The molecule has 0 aliphatic rings.